The number of hydrogen-bond acceptors (Lipinski definition) is 9. The van der Waals surface area contributed by atoms with Crippen LogP contribution in [-0.4, -0.2) is 70.7 Å². The maximum atomic E-state index is 12.8. The lowest BCUT2D eigenvalue weighted by atomic mass is 10.0. The van der Waals surface area contributed by atoms with Crippen LogP contribution < -0.4 is 5.32 Å². The number of thioether (sulfide) groups is 2. The monoisotopic (exact) mass is 480 g/mol. The lowest BCUT2D eigenvalue weighted by Gasteiger charge is -2.49. The highest BCUT2D eigenvalue weighted by Gasteiger charge is 2.54. The van der Waals surface area contributed by atoms with Crippen LogP contribution in [0, 0.1) is 13.8 Å². The molecule has 0 aromatic carbocycles. The summed E-state index contributed by atoms with van der Waals surface area (Å²) >= 11 is 4.29. The second kappa shape index (κ2) is 8.63. The molecule has 164 valence electrons. The molecule has 0 radical (unpaired) electrons. The fraction of sp³-hybridized carbons (Fsp3) is 0.444. The van der Waals surface area contributed by atoms with Crippen LogP contribution >= 0.6 is 34.9 Å². The Bertz CT molecular complexity index is 1090. The number of carbonyl (C=O) groups excluding carboxylic acids is 2. The van der Waals surface area contributed by atoms with Crippen molar-refractivity contribution in [2.24, 2.45) is 0 Å². The highest BCUT2D eigenvalue weighted by molar-refractivity contribution is 8.01. The molecule has 0 aliphatic carbocycles. The molecule has 1 saturated heterocycles. The lowest BCUT2D eigenvalue weighted by Crippen LogP contribution is -2.70. The smallest absolute Gasteiger partial charge is 0.352 e. The van der Waals surface area contributed by atoms with Crippen LogP contribution in [0.2, 0.25) is 0 Å². The number of fused-ring (bicyclic) bond motifs is 1. The number of hydrogen-bond donors (Lipinski definition) is 2. The molecule has 13 heteroatoms. The van der Waals surface area contributed by atoms with Crippen molar-refractivity contribution in [1.29, 1.82) is 0 Å². The van der Waals surface area contributed by atoms with Crippen molar-refractivity contribution in [3.05, 3.63) is 33.7 Å². The minimum atomic E-state index is -1.15. The fourth-order valence-electron chi connectivity index (χ4n) is 3.40. The summed E-state index contributed by atoms with van der Waals surface area (Å²) in [5, 5.41) is 25.2. The summed E-state index contributed by atoms with van der Waals surface area (Å²) in [5.74, 6) is -1.08. The molecular formula is C18H20N6O4S3. The molecular weight excluding hydrogens is 460 g/mol. The Hall–Kier alpha value is -2.38. The van der Waals surface area contributed by atoms with E-state index in [1.54, 1.807) is 17.8 Å². The second-order valence-corrected chi connectivity index (χ2v) is 10.5. The molecule has 2 aliphatic heterocycles. The summed E-state index contributed by atoms with van der Waals surface area (Å²) in [6, 6.07) is -0.767. The fourth-order valence-corrected chi connectivity index (χ4v) is 6.70. The Labute approximate surface area is 190 Å². The third-order valence-corrected chi connectivity index (χ3v) is 8.33. The Morgan fingerprint density at radius 3 is 2.74 bits per heavy atom. The molecule has 2 amide bonds. The molecule has 1 fully saturated rings. The summed E-state index contributed by atoms with van der Waals surface area (Å²) in [5.41, 5.74) is 1.65. The molecule has 0 bridgehead atoms. The molecule has 2 N–H and O–H groups in total. The van der Waals surface area contributed by atoms with E-state index >= 15 is 0 Å². The van der Waals surface area contributed by atoms with Crippen molar-refractivity contribution in [2.75, 3.05) is 11.5 Å². The molecule has 2 aromatic heterocycles. The van der Waals surface area contributed by atoms with Gasteiger partial charge < -0.3 is 10.4 Å². The van der Waals surface area contributed by atoms with Gasteiger partial charge in [0.2, 0.25) is 0 Å². The quantitative estimate of drug-likeness (QED) is 0.447. The van der Waals surface area contributed by atoms with Crippen molar-refractivity contribution >= 4 is 52.6 Å². The molecule has 0 saturated carbocycles. The number of carbonyl (C=O) groups is 3. The maximum Gasteiger partial charge on any atom is 0.352 e. The summed E-state index contributed by atoms with van der Waals surface area (Å²) < 4.78 is 2.41. The zero-order chi connectivity index (χ0) is 22.3. The van der Waals surface area contributed by atoms with Gasteiger partial charge in [-0.25, -0.2) is 4.79 Å². The molecule has 0 spiro atoms. The third-order valence-electron chi connectivity index (χ3n) is 4.93. The molecule has 4 rings (SSSR count). The Morgan fingerprint density at radius 2 is 2.13 bits per heavy atom. The standard InChI is InChI=1S/C18H20N6O4S3/c1-4-23-5-11(8(2)22-23)14(25)19-12-15(26)24-13(17(27)28)10(6-29-16(12)24)7-30-18-21-20-9(3)31-18/h5,12,16H,4,6-7H2,1-3H3,(H,19,25)(H,27,28)/t12-,16-/m1/s1. The topological polar surface area (TPSA) is 130 Å². The van der Waals surface area contributed by atoms with Gasteiger partial charge in [-0.3, -0.25) is 19.2 Å². The van der Waals surface area contributed by atoms with Crippen LogP contribution in [-0.2, 0) is 16.1 Å². The second-order valence-electron chi connectivity index (χ2n) is 6.98. The first kappa shape index (κ1) is 21.8. The van der Waals surface area contributed by atoms with Crippen LogP contribution in [0.3, 0.4) is 0 Å². The number of carboxylic acid groups (broad SMARTS) is 1. The number of aliphatic carboxylic acids is 1. The number of β-lactam (4-membered cyclic amide) rings is 1. The van der Waals surface area contributed by atoms with Crippen LogP contribution in [0.15, 0.2) is 21.8 Å². The van der Waals surface area contributed by atoms with Crippen LogP contribution in [0.4, 0.5) is 0 Å². The van der Waals surface area contributed by atoms with Crippen molar-refractivity contribution < 1.29 is 19.5 Å². The van der Waals surface area contributed by atoms with E-state index < -0.39 is 23.3 Å². The van der Waals surface area contributed by atoms with E-state index in [2.05, 4.69) is 20.6 Å². The zero-order valence-electron chi connectivity index (χ0n) is 17.0. The largest absolute Gasteiger partial charge is 0.477 e. The molecule has 31 heavy (non-hydrogen) atoms. The van der Waals surface area contributed by atoms with Gasteiger partial charge in [0.1, 0.15) is 22.1 Å². The number of nitrogens with zero attached hydrogens (tertiary/aromatic N) is 5. The highest BCUT2D eigenvalue weighted by atomic mass is 32.2. The van der Waals surface area contributed by atoms with Gasteiger partial charge in [-0.2, -0.15) is 5.10 Å². The molecule has 10 nitrogen and oxygen atoms in total. The van der Waals surface area contributed by atoms with Gasteiger partial charge in [0.15, 0.2) is 4.34 Å². The lowest BCUT2D eigenvalue weighted by molar-refractivity contribution is -0.148. The van der Waals surface area contributed by atoms with E-state index in [-0.39, 0.29) is 11.6 Å². The highest BCUT2D eigenvalue weighted by Crippen LogP contribution is 2.41. The number of aryl methyl sites for hydroxylation is 3. The number of amides is 2. The maximum absolute atomic E-state index is 12.8. The molecule has 2 atom stereocenters. The van der Waals surface area contributed by atoms with E-state index in [1.807, 2.05) is 13.8 Å². The summed E-state index contributed by atoms with van der Waals surface area (Å²) in [6.45, 7) is 6.14. The van der Waals surface area contributed by atoms with E-state index in [1.165, 1.54) is 39.8 Å². The summed E-state index contributed by atoms with van der Waals surface area (Å²) in [7, 11) is 0. The summed E-state index contributed by atoms with van der Waals surface area (Å²) in [4.78, 5) is 38.7. The van der Waals surface area contributed by atoms with Crippen LogP contribution in [0.1, 0.15) is 28.0 Å². The predicted molar refractivity (Wildman–Crippen MR) is 117 cm³/mol. The minimum absolute atomic E-state index is 0.00275. The van der Waals surface area contributed by atoms with E-state index in [0.717, 1.165) is 9.35 Å². The molecule has 2 aromatic rings. The average molecular weight is 481 g/mol. The molecule has 0 unspecified atom stereocenters. The van der Waals surface area contributed by atoms with E-state index in [0.29, 0.717) is 34.9 Å². The first-order valence-electron chi connectivity index (χ1n) is 9.48. The van der Waals surface area contributed by atoms with E-state index in [4.69, 9.17) is 0 Å². The van der Waals surface area contributed by atoms with E-state index in [9.17, 15) is 19.5 Å². The van der Waals surface area contributed by atoms with Crippen molar-refractivity contribution in [1.82, 2.24) is 30.2 Å². The first-order chi connectivity index (χ1) is 14.8. The number of aromatic nitrogens is 4. The Balaban J connectivity index is 1.48. The van der Waals surface area contributed by atoms with Crippen molar-refractivity contribution in [3.8, 4) is 0 Å². The van der Waals surface area contributed by atoms with Gasteiger partial charge in [0.05, 0.1) is 11.3 Å². The predicted octanol–water partition coefficient (Wildman–Crippen LogP) is 1.52. The molecule has 4 heterocycles. The third kappa shape index (κ3) is 4.08. The normalized spacial score (nSPS) is 20.5. The zero-order valence-corrected chi connectivity index (χ0v) is 19.4. The number of rotatable bonds is 7. The molecule has 2 aliphatic rings. The average Bonchev–Trinajstić information content (AvgIpc) is 3.34. The van der Waals surface area contributed by atoms with Crippen LogP contribution in [0.5, 0.6) is 0 Å². The minimum Gasteiger partial charge on any atom is -0.477 e. The number of nitrogens with one attached hydrogen (secondary N) is 1. The Kier molecular flexibility index (Phi) is 6.08. The van der Waals surface area contributed by atoms with Crippen LogP contribution in [0.25, 0.3) is 0 Å². The van der Waals surface area contributed by atoms with Crippen molar-refractivity contribution in [2.45, 2.75) is 43.1 Å². The van der Waals surface area contributed by atoms with Gasteiger partial charge in [0.25, 0.3) is 11.8 Å². The van der Waals surface area contributed by atoms with Crippen molar-refractivity contribution in [3.63, 3.8) is 0 Å². The van der Waals surface area contributed by atoms with Gasteiger partial charge in [-0.15, -0.1) is 22.0 Å². The van der Waals surface area contributed by atoms with Gasteiger partial charge in [0, 0.05) is 24.2 Å². The Morgan fingerprint density at radius 1 is 1.35 bits per heavy atom. The van der Waals surface area contributed by atoms with Gasteiger partial charge in [-0.1, -0.05) is 23.1 Å². The number of carboxylic acids is 1. The van der Waals surface area contributed by atoms with Gasteiger partial charge in [-0.05, 0) is 26.3 Å². The first-order valence-corrected chi connectivity index (χ1v) is 12.3. The SMILES string of the molecule is CCn1cc(C(=O)N[C@@H]2C(=O)N3C(C(=O)O)=C(CSc4nnc(C)s4)CS[C@H]23)c(C)n1. The summed E-state index contributed by atoms with van der Waals surface area (Å²) in [6.07, 6.45) is 1.65. The van der Waals surface area contributed by atoms with Gasteiger partial charge >= 0.3 is 5.97 Å².